The maximum Gasteiger partial charge on any atom is 0.338 e. The van der Waals surface area contributed by atoms with E-state index in [4.69, 9.17) is 29.2 Å². The van der Waals surface area contributed by atoms with E-state index < -0.39 is 0 Å². The number of aromatic nitrogens is 3. The molecule has 1 aliphatic carbocycles. The summed E-state index contributed by atoms with van der Waals surface area (Å²) in [5.74, 6) is 1.68. The fraction of sp³-hybridized carbons (Fsp3) is 0.452. The molecule has 0 radical (unpaired) electrons. The number of carbonyl (C=O) groups is 2. The summed E-state index contributed by atoms with van der Waals surface area (Å²) in [6.07, 6.45) is 5.48. The summed E-state index contributed by atoms with van der Waals surface area (Å²) in [4.78, 5) is 44.2. The average molecular weight is 584 g/mol. The van der Waals surface area contributed by atoms with Crippen LogP contribution in [0.15, 0.2) is 42.5 Å². The van der Waals surface area contributed by atoms with E-state index in [0.717, 1.165) is 43.4 Å². The number of cyclic esters (lactones) is 1. The number of ether oxygens (including phenoxy) is 3. The number of nitrogens with one attached hydrogen (secondary N) is 2. The Morgan fingerprint density at radius 1 is 0.907 bits per heavy atom. The molecule has 1 saturated carbocycles. The van der Waals surface area contributed by atoms with Gasteiger partial charge in [0.1, 0.15) is 6.61 Å². The van der Waals surface area contributed by atoms with Gasteiger partial charge in [0, 0.05) is 29.0 Å². The van der Waals surface area contributed by atoms with Gasteiger partial charge in [0.15, 0.2) is 5.82 Å². The summed E-state index contributed by atoms with van der Waals surface area (Å²) in [6, 6.07) is 12.8. The standard InChI is InChI=1S/C31H33N7O5/c39-27-25-9-6-22(14-20(25)15-43-27)33-30(40)32-21-4-2-19(3-5-21)26-34-28(37-12-13-41-18-31(37)10-1-11-31)36-29(35-26)38-23-7-8-24(38)17-42-16-23/h2-6,9,14,23-24H,1,7-8,10-13,15-18H2,(H2,32,33,40)/t23-,24+. The van der Waals surface area contributed by atoms with E-state index in [9.17, 15) is 9.59 Å². The molecule has 12 nitrogen and oxygen atoms in total. The molecular formula is C31H33N7O5. The Kier molecular flexibility index (Phi) is 6.41. The number of morpholine rings is 2. The summed E-state index contributed by atoms with van der Waals surface area (Å²) in [7, 11) is 0. The third-order valence-electron chi connectivity index (χ3n) is 9.35. The normalized spacial score (nSPS) is 23.5. The minimum Gasteiger partial charge on any atom is -0.457 e. The molecule has 4 aliphatic heterocycles. The van der Waals surface area contributed by atoms with Crippen LogP contribution in [0.1, 0.15) is 48.0 Å². The van der Waals surface area contributed by atoms with Crippen LogP contribution in [0, 0.1) is 0 Å². The highest BCUT2D eigenvalue weighted by Gasteiger charge is 2.47. The van der Waals surface area contributed by atoms with Gasteiger partial charge in [0.05, 0.1) is 49.6 Å². The van der Waals surface area contributed by atoms with E-state index in [-0.39, 0.29) is 36.2 Å². The van der Waals surface area contributed by atoms with Crippen molar-refractivity contribution in [1.29, 1.82) is 0 Å². The number of hydrogen-bond donors (Lipinski definition) is 2. The minimum absolute atomic E-state index is 0.0410. The minimum atomic E-state index is -0.386. The summed E-state index contributed by atoms with van der Waals surface area (Å²) in [5, 5.41) is 5.69. The zero-order valence-corrected chi connectivity index (χ0v) is 23.8. The van der Waals surface area contributed by atoms with Gasteiger partial charge in [-0.3, -0.25) is 0 Å². The van der Waals surface area contributed by atoms with Crippen molar-refractivity contribution in [3.63, 3.8) is 0 Å². The lowest BCUT2D eigenvalue weighted by atomic mass is 9.75. The molecule has 1 spiro atoms. The third kappa shape index (κ3) is 4.74. The van der Waals surface area contributed by atoms with Crippen molar-refractivity contribution >= 4 is 35.3 Å². The fourth-order valence-electron chi connectivity index (χ4n) is 6.93. The number of urea groups is 1. The van der Waals surface area contributed by atoms with E-state index in [1.54, 1.807) is 18.2 Å². The maximum atomic E-state index is 12.7. The first-order chi connectivity index (χ1) is 21.0. The predicted octanol–water partition coefficient (Wildman–Crippen LogP) is 3.98. The van der Waals surface area contributed by atoms with E-state index in [0.29, 0.717) is 61.1 Å². The highest BCUT2D eigenvalue weighted by atomic mass is 16.5. The van der Waals surface area contributed by atoms with Crippen LogP contribution >= 0.6 is 0 Å². The van der Waals surface area contributed by atoms with Gasteiger partial charge < -0.3 is 34.6 Å². The lowest BCUT2D eigenvalue weighted by Crippen LogP contribution is -2.61. The number of benzene rings is 2. The van der Waals surface area contributed by atoms with E-state index in [1.807, 2.05) is 24.3 Å². The summed E-state index contributed by atoms with van der Waals surface area (Å²) in [5.41, 5.74) is 3.30. The topological polar surface area (TPSA) is 131 Å². The monoisotopic (exact) mass is 583 g/mol. The van der Waals surface area contributed by atoms with Crippen molar-refractivity contribution in [3.8, 4) is 11.4 Å². The van der Waals surface area contributed by atoms with Crippen LogP contribution in [0.3, 0.4) is 0 Å². The number of amides is 2. The maximum absolute atomic E-state index is 12.7. The van der Waals surface area contributed by atoms with E-state index in [2.05, 4.69) is 20.4 Å². The number of fused-ring (bicyclic) bond motifs is 3. The summed E-state index contributed by atoms with van der Waals surface area (Å²) >= 11 is 0. The molecule has 0 unspecified atom stereocenters. The molecule has 43 heavy (non-hydrogen) atoms. The number of nitrogens with zero attached hydrogens (tertiary/aromatic N) is 5. The first kappa shape index (κ1) is 26.3. The molecule has 2 N–H and O–H groups in total. The molecule has 2 aromatic carbocycles. The molecule has 3 aromatic rings. The Morgan fingerprint density at radius 3 is 2.42 bits per heavy atom. The number of anilines is 4. The lowest BCUT2D eigenvalue weighted by Gasteiger charge is -2.52. The van der Waals surface area contributed by atoms with Crippen molar-refractivity contribution in [2.45, 2.75) is 56.3 Å². The quantitative estimate of drug-likeness (QED) is 0.425. The SMILES string of the molecule is O=C(Nc1ccc(-c2nc(N3[C@@H]4CC[C@H]3COC4)nc(N3CCOCC34CCC4)n2)cc1)Nc1ccc2c(c1)COC2=O. The predicted molar refractivity (Wildman–Crippen MR) is 158 cm³/mol. The van der Waals surface area contributed by atoms with E-state index >= 15 is 0 Å². The van der Waals surface area contributed by atoms with Crippen LogP contribution in [-0.2, 0) is 20.8 Å². The van der Waals surface area contributed by atoms with Crippen LogP contribution in [0.5, 0.6) is 0 Å². The van der Waals surface area contributed by atoms with Crippen molar-refractivity contribution in [1.82, 2.24) is 15.0 Å². The largest absolute Gasteiger partial charge is 0.457 e. The first-order valence-electron chi connectivity index (χ1n) is 15.0. The number of hydrogen-bond acceptors (Lipinski definition) is 10. The highest BCUT2D eigenvalue weighted by molar-refractivity contribution is 6.01. The lowest BCUT2D eigenvalue weighted by molar-refractivity contribution is 0.0123. The zero-order valence-electron chi connectivity index (χ0n) is 23.8. The van der Waals surface area contributed by atoms with E-state index in [1.165, 1.54) is 6.42 Å². The Labute approximate surface area is 248 Å². The summed E-state index contributed by atoms with van der Waals surface area (Å²) in [6.45, 7) is 3.70. The molecule has 5 heterocycles. The second-order valence-electron chi connectivity index (χ2n) is 12.0. The Balaban J connectivity index is 1.05. The third-order valence-corrected chi connectivity index (χ3v) is 9.35. The van der Waals surface area contributed by atoms with Crippen LogP contribution in [0.25, 0.3) is 11.4 Å². The molecule has 1 aromatic heterocycles. The van der Waals surface area contributed by atoms with Gasteiger partial charge in [0.2, 0.25) is 11.9 Å². The Hall–Kier alpha value is -4.29. The van der Waals surface area contributed by atoms with Crippen molar-refractivity contribution in [2.75, 3.05) is 53.4 Å². The molecule has 12 heteroatoms. The van der Waals surface area contributed by atoms with Crippen LogP contribution in [0.4, 0.5) is 28.1 Å². The molecule has 2 bridgehead atoms. The molecule has 4 fully saturated rings. The number of rotatable bonds is 5. The second-order valence-corrected chi connectivity index (χ2v) is 12.0. The van der Waals surface area contributed by atoms with Crippen LogP contribution < -0.4 is 20.4 Å². The van der Waals surface area contributed by atoms with Gasteiger partial charge in [-0.1, -0.05) is 0 Å². The number of esters is 1. The van der Waals surface area contributed by atoms with Gasteiger partial charge in [-0.15, -0.1) is 0 Å². The van der Waals surface area contributed by atoms with Crippen molar-refractivity contribution in [2.24, 2.45) is 0 Å². The number of carbonyl (C=O) groups excluding carboxylic acids is 2. The fourth-order valence-corrected chi connectivity index (χ4v) is 6.93. The van der Waals surface area contributed by atoms with Crippen LogP contribution in [-0.4, -0.2) is 77.5 Å². The molecular weight excluding hydrogens is 550 g/mol. The van der Waals surface area contributed by atoms with Crippen molar-refractivity contribution in [3.05, 3.63) is 53.6 Å². The van der Waals surface area contributed by atoms with Gasteiger partial charge in [-0.25, -0.2) is 9.59 Å². The highest BCUT2D eigenvalue weighted by Crippen LogP contribution is 2.42. The molecule has 2 amide bonds. The summed E-state index contributed by atoms with van der Waals surface area (Å²) < 4.78 is 16.8. The van der Waals surface area contributed by atoms with Gasteiger partial charge in [-0.2, -0.15) is 15.0 Å². The van der Waals surface area contributed by atoms with Crippen LogP contribution in [0.2, 0.25) is 0 Å². The molecule has 2 atom stereocenters. The van der Waals surface area contributed by atoms with Gasteiger partial charge >= 0.3 is 12.0 Å². The van der Waals surface area contributed by atoms with Crippen molar-refractivity contribution < 1.29 is 23.8 Å². The second kappa shape index (κ2) is 10.5. The molecule has 222 valence electrons. The molecule has 8 rings (SSSR count). The zero-order chi connectivity index (χ0) is 29.0. The first-order valence-corrected chi connectivity index (χ1v) is 15.0. The smallest absolute Gasteiger partial charge is 0.338 e. The van der Waals surface area contributed by atoms with Gasteiger partial charge in [0.25, 0.3) is 0 Å². The van der Waals surface area contributed by atoms with Gasteiger partial charge in [-0.05, 0) is 74.6 Å². The Morgan fingerprint density at radius 2 is 1.65 bits per heavy atom. The molecule has 3 saturated heterocycles. The Bertz CT molecular complexity index is 1560. The molecule has 5 aliphatic rings. The average Bonchev–Trinajstić information content (AvgIpc) is 3.50.